The fourth-order valence-corrected chi connectivity index (χ4v) is 4.96. The minimum Gasteiger partial charge on any atom is -0.301 e. The fourth-order valence-electron chi connectivity index (χ4n) is 2.34. The van der Waals surface area contributed by atoms with Crippen molar-refractivity contribution in [1.29, 1.82) is 0 Å². The lowest BCUT2D eigenvalue weighted by Gasteiger charge is -2.17. The first-order valence-corrected chi connectivity index (χ1v) is 11.9. The van der Waals surface area contributed by atoms with Crippen LogP contribution in [0.3, 0.4) is 0 Å². The normalized spacial score (nSPS) is 12.7. The van der Waals surface area contributed by atoms with Crippen molar-refractivity contribution >= 4 is 44.2 Å². The lowest BCUT2D eigenvalue weighted by molar-refractivity contribution is -0.117. The highest BCUT2D eigenvalue weighted by Crippen LogP contribution is 2.23. The average Bonchev–Trinajstić information content (AvgIpc) is 2.98. The number of carbonyl (C=O) groups is 1. The molecule has 1 unspecified atom stereocenters. The summed E-state index contributed by atoms with van der Waals surface area (Å²) in [4.78, 5) is 18.2. The van der Waals surface area contributed by atoms with Gasteiger partial charge in [-0.05, 0) is 43.9 Å². The Hall–Kier alpha value is -1.42. The van der Waals surface area contributed by atoms with Crippen LogP contribution in [-0.2, 0) is 21.2 Å². The largest absolute Gasteiger partial charge is 0.301 e. The molecule has 6 nitrogen and oxygen atoms in total. The Kier molecular flexibility index (Phi) is 7.63. The summed E-state index contributed by atoms with van der Waals surface area (Å²) < 4.78 is 27.6. The standard InChI is InChI=1S/C17H23N3O3S3/c1-4-14-12(2)25-17(18-14)19-16(21)15(10-11-24-3)20-26(22,23)13-8-6-5-7-9-13/h5-9,15,20H,4,10-11H2,1-3H3,(H,18,19,21). The van der Waals surface area contributed by atoms with E-state index in [1.807, 2.05) is 20.1 Å². The van der Waals surface area contributed by atoms with Crippen molar-refractivity contribution in [2.45, 2.75) is 37.6 Å². The Morgan fingerprint density at radius 3 is 2.58 bits per heavy atom. The van der Waals surface area contributed by atoms with Crippen LogP contribution < -0.4 is 10.0 Å². The molecule has 1 atom stereocenters. The number of aryl methyl sites for hydroxylation is 2. The number of hydrogen-bond donors (Lipinski definition) is 2. The first kappa shape index (κ1) is 20.9. The summed E-state index contributed by atoms with van der Waals surface area (Å²) in [6, 6.07) is 7.19. The molecule has 1 aromatic heterocycles. The van der Waals surface area contributed by atoms with Gasteiger partial charge in [-0.15, -0.1) is 11.3 Å². The summed E-state index contributed by atoms with van der Waals surface area (Å²) in [5.41, 5.74) is 0.941. The van der Waals surface area contributed by atoms with E-state index in [0.29, 0.717) is 17.3 Å². The maximum atomic E-state index is 12.7. The number of thioether (sulfide) groups is 1. The van der Waals surface area contributed by atoms with Gasteiger partial charge >= 0.3 is 0 Å². The zero-order chi connectivity index (χ0) is 19.2. The number of hydrogen-bond acceptors (Lipinski definition) is 6. The number of amides is 1. The average molecular weight is 414 g/mol. The van der Waals surface area contributed by atoms with Crippen LogP contribution in [0.1, 0.15) is 23.9 Å². The molecule has 0 aliphatic rings. The Labute approximate surface area is 162 Å². The topological polar surface area (TPSA) is 88.2 Å². The molecule has 0 fully saturated rings. The molecule has 0 saturated carbocycles. The summed E-state index contributed by atoms with van der Waals surface area (Å²) in [6.07, 6.45) is 3.09. The Balaban J connectivity index is 2.16. The van der Waals surface area contributed by atoms with E-state index in [-0.39, 0.29) is 4.90 Å². The number of carbonyl (C=O) groups excluding carboxylic acids is 1. The molecule has 0 aliphatic heterocycles. The minimum absolute atomic E-state index is 0.139. The molecule has 142 valence electrons. The maximum Gasteiger partial charge on any atom is 0.244 e. The highest BCUT2D eigenvalue weighted by Gasteiger charge is 2.26. The van der Waals surface area contributed by atoms with Gasteiger partial charge in [0.25, 0.3) is 0 Å². The maximum absolute atomic E-state index is 12.7. The summed E-state index contributed by atoms with van der Waals surface area (Å²) in [5, 5.41) is 3.25. The number of thiazole rings is 1. The minimum atomic E-state index is -3.77. The van der Waals surface area contributed by atoms with Crippen LogP contribution in [0.2, 0.25) is 0 Å². The molecule has 26 heavy (non-hydrogen) atoms. The number of nitrogens with one attached hydrogen (secondary N) is 2. The van der Waals surface area contributed by atoms with Crippen LogP contribution in [-0.4, -0.2) is 37.4 Å². The first-order valence-electron chi connectivity index (χ1n) is 8.21. The number of anilines is 1. The van der Waals surface area contributed by atoms with Gasteiger partial charge in [0, 0.05) is 4.88 Å². The van der Waals surface area contributed by atoms with E-state index in [4.69, 9.17) is 0 Å². The molecule has 0 radical (unpaired) electrons. The zero-order valence-electron chi connectivity index (χ0n) is 15.0. The van der Waals surface area contributed by atoms with E-state index in [1.165, 1.54) is 23.5 Å². The van der Waals surface area contributed by atoms with Crippen LogP contribution in [0.5, 0.6) is 0 Å². The van der Waals surface area contributed by atoms with Crippen molar-refractivity contribution in [2.75, 3.05) is 17.3 Å². The summed E-state index contributed by atoms with van der Waals surface area (Å²) in [6.45, 7) is 3.96. The number of benzene rings is 1. The number of nitrogens with zero attached hydrogens (tertiary/aromatic N) is 1. The van der Waals surface area contributed by atoms with Crippen LogP contribution in [0.4, 0.5) is 5.13 Å². The molecule has 1 amide bonds. The van der Waals surface area contributed by atoms with E-state index in [2.05, 4.69) is 15.0 Å². The summed E-state index contributed by atoms with van der Waals surface area (Å²) in [5.74, 6) is 0.266. The second-order valence-electron chi connectivity index (χ2n) is 5.63. The van der Waals surface area contributed by atoms with Gasteiger partial charge in [-0.25, -0.2) is 13.4 Å². The molecule has 1 heterocycles. The zero-order valence-corrected chi connectivity index (χ0v) is 17.4. The molecule has 0 bridgehead atoms. The number of aromatic nitrogens is 1. The molecule has 2 rings (SSSR count). The van der Waals surface area contributed by atoms with Crippen LogP contribution >= 0.6 is 23.1 Å². The quantitative estimate of drug-likeness (QED) is 0.660. The molecular formula is C17H23N3O3S3. The highest BCUT2D eigenvalue weighted by atomic mass is 32.2. The highest BCUT2D eigenvalue weighted by molar-refractivity contribution is 7.98. The van der Waals surface area contributed by atoms with Crippen molar-refractivity contribution in [1.82, 2.24) is 9.71 Å². The van der Waals surface area contributed by atoms with Gasteiger partial charge in [0.05, 0.1) is 10.6 Å². The Morgan fingerprint density at radius 1 is 1.31 bits per heavy atom. The molecule has 0 spiro atoms. The molecule has 9 heteroatoms. The third kappa shape index (κ3) is 5.54. The van der Waals surface area contributed by atoms with Gasteiger partial charge in [0.2, 0.25) is 15.9 Å². The molecular weight excluding hydrogens is 390 g/mol. The monoisotopic (exact) mass is 413 g/mol. The molecule has 1 aromatic carbocycles. The Morgan fingerprint density at radius 2 is 2.00 bits per heavy atom. The van der Waals surface area contributed by atoms with Gasteiger partial charge in [-0.2, -0.15) is 16.5 Å². The van der Waals surface area contributed by atoms with Crippen molar-refractivity contribution in [3.05, 3.63) is 40.9 Å². The van der Waals surface area contributed by atoms with Crippen molar-refractivity contribution in [3.8, 4) is 0 Å². The lowest BCUT2D eigenvalue weighted by atomic mass is 10.2. The van der Waals surface area contributed by atoms with E-state index >= 15 is 0 Å². The van der Waals surface area contributed by atoms with Crippen molar-refractivity contribution < 1.29 is 13.2 Å². The van der Waals surface area contributed by atoms with Gasteiger partial charge in [-0.3, -0.25) is 4.79 Å². The Bertz CT molecular complexity index is 835. The molecule has 0 aliphatic carbocycles. The SMILES string of the molecule is CCc1nc(NC(=O)C(CCSC)NS(=O)(=O)c2ccccc2)sc1C. The van der Waals surface area contributed by atoms with Gasteiger partial charge < -0.3 is 5.32 Å². The predicted octanol–water partition coefficient (Wildman–Crippen LogP) is 3.05. The number of rotatable bonds is 9. The van der Waals surface area contributed by atoms with Crippen LogP contribution in [0.15, 0.2) is 35.2 Å². The molecule has 2 N–H and O–H groups in total. The first-order chi connectivity index (χ1) is 12.4. The van der Waals surface area contributed by atoms with Gasteiger partial charge in [0.15, 0.2) is 5.13 Å². The summed E-state index contributed by atoms with van der Waals surface area (Å²) >= 11 is 2.96. The summed E-state index contributed by atoms with van der Waals surface area (Å²) in [7, 11) is -3.77. The van der Waals surface area contributed by atoms with E-state index in [9.17, 15) is 13.2 Å². The van der Waals surface area contributed by atoms with Gasteiger partial charge in [0.1, 0.15) is 6.04 Å². The van der Waals surface area contributed by atoms with Gasteiger partial charge in [-0.1, -0.05) is 25.1 Å². The molecule has 0 saturated heterocycles. The van der Waals surface area contributed by atoms with Crippen LogP contribution in [0.25, 0.3) is 0 Å². The fraction of sp³-hybridized carbons (Fsp3) is 0.412. The third-order valence-corrected chi connectivity index (χ3v) is 6.80. The number of sulfonamides is 1. The second kappa shape index (κ2) is 9.50. The third-order valence-electron chi connectivity index (χ3n) is 3.74. The van der Waals surface area contributed by atoms with E-state index in [0.717, 1.165) is 17.0 Å². The smallest absolute Gasteiger partial charge is 0.244 e. The van der Waals surface area contributed by atoms with E-state index in [1.54, 1.807) is 30.0 Å². The van der Waals surface area contributed by atoms with Crippen molar-refractivity contribution in [2.24, 2.45) is 0 Å². The second-order valence-corrected chi connectivity index (χ2v) is 9.54. The van der Waals surface area contributed by atoms with E-state index < -0.39 is 22.0 Å². The molecule has 2 aromatic rings. The van der Waals surface area contributed by atoms with Crippen molar-refractivity contribution in [3.63, 3.8) is 0 Å². The van der Waals surface area contributed by atoms with Crippen LogP contribution in [0, 0.1) is 6.92 Å². The lowest BCUT2D eigenvalue weighted by Crippen LogP contribution is -2.44. The predicted molar refractivity (Wildman–Crippen MR) is 108 cm³/mol.